The van der Waals surface area contributed by atoms with E-state index in [9.17, 15) is 23.7 Å². The molecular weight excluding hydrogens is 300 g/mol. The summed E-state index contributed by atoms with van der Waals surface area (Å²) in [5, 5.41) is 11.0. The van der Waals surface area contributed by atoms with E-state index in [4.69, 9.17) is 11.6 Å². The molecule has 9 heteroatoms. The number of hydrogen-bond donors (Lipinski definition) is 0. The Morgan fingerprint density at radius 3 is 2.60 bits per heavy atom. The molecule has 0 aliphatic heterocycles. The van der Waals surface area contributed by atoms with Crippen molar-refractivity contribution in [2.45, 2.75) is 19.4 Å². The van der Waals surface area contributed by atoms with Gasteiger partial charge >= 0.3 is 12.6 Å². The van der Waals surface area contributed by atoms with Gasteiger partial charge in [0.2, 0.25) is 0 Å². The summed E-state index contributed by atoms with van der Waals surface area (Å²) in [7, 11) is 0. The highest BCUT2D eigenvalue weighted by Gasteiger charge is 2.27. The molecule has 1 aromatic carbocycles. The van der Waals surface area contributed by atoms with Crippen molar-refractivity contribution in [3.63, 3.8) is 0 Å². The number of nitro benzene ring substituents is 1. The van der Waals surface area contributed by atoms with Gasteiger partial charge in [0.05, 0.1) is 17.4 Å². The van der Waals surface area contributed by atoms with Gasteiger partial charge in [0.25, 0.3) is 5.69 Å². The van der Waals surface area contributed by atoms with Gasteiger partial charge < -0.3 is 9.47 Å². The van der Waals surface area contributed by atoms with E-state index in [-0.39, 0.29) is 18.1 Å². The van der Waals surface area contributed by atoms with Crippen molar-refractivity contribution in [1.29, 1.82) is 0 Å². The van der Waals surface area contributed by atoms with Crippen LogP contribution in [0.2, 0.25) is 0 Å². The minimum absolute atomic E-state index is 0.0217. The first-order chi connectivity index (χ1) is 9.40. The van der Waals surface area contributed by atoms with E-state index in [1.807, 2.05) is 0 Å². The fourth-order valence-corrected chi connectivity index (χ4v) is 1.72. The highest BCUT2D eigenvalue weighted by atomic mass is 35.5. The molecule has 6 nitrogen and oxygen atoms in total. The van der Waals surface area contributed by atoms with Crippen LogP contribution in [-0.2, 0) is 10.6 Å². The summed E-state index contributed by atoms with van der Waals surface area (Å²) >= 11 is 5.54. The molecule has 0 saturated carbocycles. The van der Waals surface area contributed by atoms with Crippen molar-refractivity contribution < 1.29 is 28.0 Å². The SMILES string of the molecule is CCOC(=O)c1cc(OC(F)F)cc(CCl)c1[N+](=O)[O-]. The van der Waals surface area contributed by atoms with E-state index < -0.39 is 34.5 Å². The van der Waals surface area contributed by atoms with Gasteiger partial charge in [0.1, 0.15) is 11.3 Å². The maximum Gasteiger partial charge on any atom is 0.387 e. The molecule has 0 aliphatic rings. The number of rotatable bonds is 6. The molecule has 20 heavy (non-hydrogen) atoms. The largest absolute Gasteiger partial charge is 0.462 e. The van der Waals surface area contributed by atoms with Crippen LogP contribution in [0.25, 0.3) is 0 Å². The zero-order valence-electron chi connectivity index (χ0n) is 10.3. The quantitative estimate of drug-likeness (QED) is 0.349. The van der Waals surface area contributed by atoms with Gasteiger partial charge in [-0.05, 0) is 13.0 Å². The van der Waals surface area contributed by atoms with Crippen LogP contribution in [0.3, 0.4) is 0 Å². The van der Waals surface area contributed by atoms with E-state index in [1.54, 1.807) is 0 Å². The summed E-state index contributed by atoms with van der Waals surface area (Å²) in [6.07, 6.45) is 0. The first-order valence-corrected chi connectivity index (χ1v) is 5.93. The molecule has 0 aromatic heterocycles. The Hall–Kier alpha value is -1.96. The Morgan fingerprint density at radius 2 is 2.15 bits per heavy atom. The summed E-state index contributed by atoms with van der Waals surface area (Å²) < 4.78 is 33.2. The Balaban J connectivity index is 3.41. The molecule has 0 spiro atoms. The molecule has 0 amide bonds. The number of halogens is 3. The molecule has 0 aliphatic carbocycles. The Morgan fingerprint density at radius 1 is 1.50 bits per heavy atom. The maximum absolute atomic E-state index is 12.2. The number of carbonyl (C=O) groups excluding carboxylic acids is 1. The van der Waals surface area contributed by atoms with Gasteiger partial charge in [-0.2, -0.15) is 8.78 Å². The van der Waals surface area contributed by atoms with Crippen LogP contribution in [0.4, 0.5) is 14.5 Å². The highest BCUT2D eigenvalue weighted by Crippen LogP contribution is 2.31. The number of nitro groups is 1. The molecule has 0 saturated heterocycles. The predicted molar refractivity (Wildman–Crippen MR) is 65.2 cm³/mol. The molecule has 0 bridgehead atoms. The monoisotopic (exact) mass is 309 g/mol. The lowest BCUT2D eigenvalue weighted by molar-refractivity contribution is -0.385. The number of carbonyl (C=O) groups is 1. The standard InChI is InChI=1S/C11H10ClF2NO5/c1-2-19-10(16)8-4-7(20-11(13)14)3-6(5-12)9(8)15(17)18/h3-4,11H,2,5H2,1H3. The van der Waals surface area contributed by atoms with Gasteiger partial charge in [0.15, 0.2) is 0 Å². The van der Waals surface area contributed by atoms with E-state index >= 15 is 0 Å². The van der Waals surface area contributed by atoms with E-state index in [1.165, 1.54) is 6.92 Å². The van der Waals surface area contributed by atoms with Gasteiger partial charge in [-0.1, -0.05) is 0 Å². The second kappa shape index (κ2) is 6.99. The number of nitrogens with zero attached hydrogens (tertiary/aromatic N) is 1. The second-order valence-electron chi connectivity index (χ2n) is 3.47. The van der Waals surface area contributed by atoms with Crippen molar-refractivity contribution in [2.75, 3.05) is 6.61 Å². The second-order valence-corrected chi connectivity index (χ2v) is 3.74. The zero-order chi connectivity index (χ0) is 15.3. The summed E-state index contributed by atoms with van der Waals surface area (Å²) in [5.41, 5.74) is -1.18. The first-order valence-electron chi connectivity index (χ1n) is 5.39. The van der Waals surface area contributed by atoms with Crippen molar-refractivity contribution in [3.05, 3.63) is 33.4 Å². The maximum atomic E-state index is 12.2. The average molecular weight is 310 g/mol. The minimum Gasteiger partial charge on any atom is -0.462 e. The minimum atomic E-state index is -3.13. The molecular formula is C11H10ClF2NO5. The van der Waals surface area contributed by atoms with Gasteiger partial charge in [-0.25, -0.2) is 4.79 Å². The Bertz CT molecular complexity index is 524. The van der Waals surface area contributed by atoms with E-state index in [0.29, 0.717) is 0 Å². The van der Waals surface area contributed by atoms with Crippen LogP contribution in [0, 0.1) is 10.1 Å². The van der Waals surface area contributed by atoms with Crippen molar-refractivity contribution in [1.82, 2.24) is 0 Å². The summed E-state index contributed by atoms with van der Waals surface area (Å²) in [6, 6.07) is 1.82. The number of hydrogen-bond acceptors (Lipinski definition) is 5. The highest BCUT2D eigenvalue weighted by molar-refractivity contribution is 6.17. The molecule has 0 radical (unpaired) electrons. The van der Waals surface area contributed by atoms with Crippen LogP contribution >= 0.6 is 11.6 Å². The summed E-state index contributed by atoms with van der Waals surface area (Å²) in [4.78, 5) is 21.8. The first kappa shape index (κ1) is 16.1. The summed E-state index contributed by atoms with van der Waals surface area (Å²) in [5.74, 6) is -1.75. The third-order valence-electron chi connectivity index (χ3n) is 2.21. The van der Waals surface area contributed by atoms with Gasteiger partial charge in [0, 0.05) is 11.6 Å². The third-order valence-corrected chi connectivity index (χ3v) is 2.50. The number of alkyl halides is 3. The van der Waals surface area contributed by atoms with Crippen LogP contribution in [0.5, 0.6) is 5.75 Å². The van der Waals surface area contributed by atoms with Gasteiger partial charge in [-0.15, -0.1) is 11.6 Å². The zero-order valence-corrected chi connectivity index (χ0v) is 11.0. The van der Waals surface area contributed by atoms with Crippen molar-refractivity contribution in [3.8, 4) is 5.75 Å². The molecule has 0 atom stereocenters. The molecule has 0 heterocycles. The van der Waals surface area contributed by atoms with Crippen LogP contribution in [-0.4, -0.2) is 24.1 Å². The molecule has 1 rings (SSSR count). The molecule has 110 valence electrons. The molecule has 0 fully saturated rings. The smallest absolute Gasteiger partial charge is 0.387 e. The molecule has 0 N–H and O–H groups in total. The van der Waals surface area contributed by atoms with Crippen LogP contribution < -0.4 is 4.74 Å². The fraction of sp³-hybridized carbons (Fsp3) is 0.364. The van der Waals surface area contributed by atoms with Gasteiger partial charge in [-0.3, -0.25) is 10.1 Å². The van der Waals surface area contributed by atoms with Crippen molar-refractivity contribution >= 4 is 23.3 Å². The van der Waals surface area contributed by atoms with Crippen molar-refractivity contribution in [2.24, 2.45) is 0 Å². The fourth-order valence-electron chi connectivity index (χ4n) is 1.52. The number of ether oxygens (including phenoxy) is 2. The number of esters is 1. The molecule has 1 aromatic rings. The topological polar surface area (TPSA) is 78.7 Å². The summed E-state index contributed by atoms with van der Waals surface area (Å²) in [6.45, 7) is -1.65. The Kier molecular flexibility index (Phi) is 5.63. The van der Waals surface area contributed by atoms with E-state index in [2.05, 4.69) is 9.47 Å². The average Bonchev–Trinajstić information content (AvgIpc) is 2.36. The lowest BCUT2D eigenvalue weighted by Crippen LogP contribution is -2.11. The van der Waals surface area contributed by atoms with Crippen LogP contribution in [0.15, 0.2) is 12.1 Å². The third kappa shape index (κ3) is 3.77. The lowest BCUT2D eigenvalue weighted by Gasteiger charge is -2.10. The normalized spacial score (nSPS) is 10.4. The van der Waals surface area contributed by atoms with E-state index in [0.717, 1.165) is 12.1 Å². The lowest BCUT2D eigenvalue weighted by atomic mass is 10.1. The number of benzene rings is 1. The van der Waals surface area contributed by atoms with Crippen LogP contribution in [0.1, 0.15) is 22.8 Å². The Labute approximate surface area is 117 Å². The predicted octanol–water partition coefficient (Wildman–Crippen LogP) is 3.11. The molecule has 0 unspecified atom stereocenters.